The first kappa shape index (κ1) is 17.3. The predicted octanol–water partition coefficient (Wildman–Crippen LogP) is 2.87. The van der Waals surface area contributed by atoms with Crippen molar-refractivity contribution in [2.24, 2.45) is 0 Å². The molecule has 4 rings (SSSR count). The van der Waals surface area contributed by atoms with Crippen LogP contribution in [0.15, 0.2) is 36.7 Å². The maximum atomic E-state index is 12.4. The Morgan fingerprint density at radius 1 is 1.22 bits per heavy atom. The molecule has 0 fully saturated rings. The molecule has 0 bridgehead atoms. The average Bonchev–Trinajstić information content (AvgIpc) is 3.22. The van der Waals surface area contributed by atoms with E-state index in [4.69, 9.17) is 5.73 Å². The van der Waals surface area contributed by atoms with E-state index in [1.807, 2.05) is 24.3 Å². The molecule has 1 atom stereocenters. The molecule has 4 N–H and O–H groups in total. The smallest absolute Gasteiger partial charge is 0.391 e. The minimum atomic E-state index is -4.44. The van der Waals surface area contributed by atoms with Crippen LogP contribution in [0, 0.1) is 0 Å². The van der Waals surface area contributed by atoms with E-state index in [1.165, 1.54) is 10.9 Å². The number of halogens is 3. The van der Waals surface area contributed by atoms with E-state index in [2.05, 4.69) is 20.3 Å². The molecular formula is C17H15F3N6O. The van der Waals surface area contributed by atoms with Crippen LogP contribution >= 0.6 is 0 Å². The predicted molar refractivity (Wildman–Crippen MR) is 93.7 cm³/mol. The summed E-state index contributed by atoms with van der Waals surface area (Å²) in [6.45, 7) is -0.290. The van der Waals surface area contributed by atoms with Crippen molar-refractivity contribution >= 4 is 27.6 Å². The molecule has 7 nitrogen and oxygen atoms in total. The Labute approximate surface area is 150 Å². The number of aliphatic hydroxyl groups is 1. The van der Waals surface area contributed by atoms with Crippen molar-refractivity contribution in [1.82, 2.24) is 25.0 Å². The fourth-order valence-corrected chi connectivity index (χ4v) is 3.05. The minimum absolute atomic E-state index is 0.218. The second-order valence-electron chi connectivity index (χ2n) is 6.29. The number of benzene rings is 1. The number of nitrogens with one attached hydrogen (secondary N) is 1. The van der Waals surface area contributed by atoms with E-state index in [0.717, 1.165) is 11.3 Å². The maximum absolute atomic E-state index is 12.4. The molecular weight excluding hydrogens is 361 g/mol. The van der Waals surface area contributed by atoms with Crippen molar-refractivity contribution in [2.75, 3.05) is 5.73 Å². The highest BCUT2D eigenvalue weighted by Crippen LogP contribution is 2.30. The van der Waals surface area contributed by atoms with E-state index in [1.54, 1.807) is 6.20 Å². The number of H-pyrrole nitrogens is 1. The molecule has 0 saturated carbocycles. The standard InChI is InChI=1S/C17H15F3N6O/c18-17(19,20)6-10(27)7-26-8-12-15(25-26)11-2-1-9(13-3-4-22-24-13)5-14(11)23-16(12)21/h1-5,8,10,27H,6-7H2,(H2,21,23)(H,22,24). The molecule has 10 heteroatoms. The van der Waals surface area contributed by atoms with Gasteiger partial charge in [-0.3, -0.25) is 9.78 Å². The summed E-state index contributed by atoms with van der Waals surface area (Å²) in [6.07, 6.45) is -4.20. The van der Waals surface area contributed by atoms with Crippen LogP contribution in [0.25, 0.3) is 33.1 Å². The van der Waals surface area contributed by atoms with Crippen LogP contribution in [0.4, 0.5) is 19.0 Å². The number of aromatic nitrogens is 5. The average molecular weight is 376 g/mol. The van der Waals surface area contributed by atoms with E-state index in [-0.39, 0.29) is 12.4 Å². The summed E-state index contributed by atoms with van der Waals surface area (Å²) in [4.78, 5) is 4.37. The first-order valence-electron chi connectivity index (χ1n) is 8.11. The van der Waals surface area contributed by atoms with Gasteiger partial charge in [0, 0.05) is 23.3 Å². The summed E-state index contributed by atoms with van der Waals surface area (Å²) in [7, 11) is 0. The molecule has 140 valence electrons. The minimum Gasteiger partial charge on any atom is -0.391 e. The van der Waals surface area contributed by atoms with Gasteiger partial charge < -0.3 is 10.8 Å². The zero-order valence-electron chi connectivity index (χ0n) is 13.9. The quantitative estimate of drug-likeness (QED) is 0.508. The molecule has 1 unspecified atom stereocenters. The van der Waals surface area contributed by atoms with E-state index < -0.39 is 18.7 Å². The summed E-state index contributed by atoms with van der Waals surface area (Å²) in [6, 6.07) is 7.34. The maximum Gasteiger partial charge on any atom is 0.391 e. The van der Waals surface area contributed by atoms with Gasteiger partial charge in [-0.1, -0.05) is 6.07 Å². The number of aliphatic hydroxyl groups excluding tert-OH is 1. The van der Waals surface area contributed by atoms with Crippen molar-refractivity contribution in [1.29, 1.82) is 0 Å². The van der Waals surface area contributed by atoms with Gasteiger partial charge in [-0.05, 0) is 18.2 Å². The van der Waals surface area contributed by atoms with Crippen molar-refractivity contribution in [3.8, 4) is 11.3 Å². The second-order valence-corrected chi connectivity index (χ2v) is 6.29. The molecule has 0 radical (unpaired) electrons. The van der Waals surface area contributed by atoms with Crippen molar-refractivity contribution in [2.45, 2.75) is 25.2 Å². The third-order valence-corrected chi connectivity index (χ3v) is 4.21. The third-order valence-electron chi connectivity index (χ3n) is 4.21. The Bertz CT molecular complexity index is 1100. The van der Waals surface area contributed by atoms with Gasteiger partial charge in [-0.2, -0.15) is 23.4 Å². The van der Waals surface area contributed by atoms with Crippen LogP contribution in [-0.2, 0) is 6.54 Å². The number of rotatable bonds is 4. The van der Waals surface area contributed by atoms with Gasteiger partial charge in [0.1, 0.15) is 11.3 Å². The molecule has 1 aromatic carbocycles. The van der Waals surface area contributed by atoms with Gasteiger partial charge in [0.25, 0.3) is 0 Å². The lowest BCUT2D eigenvalue weighted by atomic mass is 10.1. The van der Waals surface area contributed by atoms with Crippen molar-refractivity contribution in [3.05, 3.63) is 36.7 Å². The van der Waals surface area contributed by atoms with Gasteiger partial charge >= 0.3 is 6.18 Å². The Hall–Kier alpha value is -3.14. The zero-order chi connectivity index (χ0) is 19.2. The number of hydrogen-bond donors (Lipinski definition) is 3. The number of alkyl halides is 3. The summed E-state index contributed by atoms with van der Waals surface area (Å²) >= 11 is 0. The summed E-state index contributed by atoms with van der Waals surface area (Å²) in [5.41, 5.74) is 8.82. The van der Waals surface area contributed by atoms with Gasteiger partial charge in [0.05, 0.1) is 35.7 Å². The van der Waals surface area contributed by atoms with Crippen LogP contribution < -0.4 is 5.73 Å². The van der Waals surface area contributed by atoms with Gasteiger partial charge in [0.2, 0.25) is 0 Å². The van der Waals surface area contributed by atoms with Crippen LogP contribution in [-0.4, -0.2) is 42.3 Å². The first-order chi connectivity index (χ1) is 12.8. The molecule has 3 aromatic heterocycles. The molecule has 4 aromatic rings. The molecule has 0 aliphatic rings. The molecule has 27 heavy (non-hydrogen) atoms. The molecule has 0 aliphatic carbocycles. The number of nitrogen functional groups attached to an aromatic ring is 1. The summed E-state index contributed by atoms with van der Waals surface area (Å²) in [5.74, 6) is 0.218. The van der Waals surface area contributed by atoms with Crippen molar-refractivity contribution < 1.29 is 18.3 Å². The Morgan fingerprint density at radius 2 is 2.04 bits per heavy atom. The lowest BCUT2D eigenvalue weighted by Gasteiger charge is -2.12. The van der Waals surface area contributed by atoms with Gasteiger partial charge in [-0.15, -0.1) is 0 Å². The fourth-order valence-electron chi connectivity index (χ4n) is 3.05. The molecule has 3 heterocycles. The van der Waals surface area contributed by atoms with Gasteiger partial charge in [-0.25, -0.2) is 4.98 Å². The van der Waals surface area contributed by atoms with Gasteiger partial charge in [0.15, 0.2) is 0 Å². The number of pyridine rings is 1. The fraction of sp³-hybridized carbons (Fsp3) is 0.235. The highest BCUT2D eigenvalue weighted by atomic mass is 19.4. The Morgan fingerprint density at radius 3 is 2.74 bits per heavy atom. The highest BCUT2D eigenvalue weighted by Gasteiger charge is 2.31. The third kappa shape index (κ3) is 3.43. The normalized spacial score (nSPS) is 13.5. The molecule has 0 saturated heterocycles. The second kappa shape index (κ2) is 6.23. The van der Waals surface area contributed by atoms with E-state index in [0.29, 0.717) is 21.8 Å². The first-order valence-corrected chi connectivity index (χ1v) is 8.11. The highest BCUT2D eigenvalue weighted by molar-refractivity contribution is 6.08. The lowest BCUT2D eigenvalue weighted by Crippen LogP contribution is -2.24. The topological polar surface area (TPSA) is 106 Å². The largest absolute Gasteiger partial charge is 0.391 e. The van der Waals surface area contributed by atoms with Crippen LogP contribution in [0.5, 0.6) is 0 Å². The molecule has 0 amide bonds. The zero-order valence-corrected chi connectivity index (χ0v) is 13.9. The number of aromatic amines is 1. The number of fused-ring (bicyclic) bond motifs is 3. The van der Waals surface area contributed by atoms with Crippen molar-refractivity contribution in [3.63, 3.8) is 0 Å². The number of anilines is 1. The van der Waals surface area contributed by atoms with E-state index >= 15 is 0 Å². The van der Waals surface area contributed by atoms with Crippen LogP contribution in [0.3, 0.4) is 0 Å². The Kier molecular flexibility index (Phi) is 3.99. The SMILES string of the molecule is Nc1nc2cc(-c3ccn[nH]3)ccc2c2nn(CC(O)CC(F)(F)F)cc12. The number of hydrogen-bond acceptors (Lipinski definition) is 5. The summed E-state index contributed by atoms with van der Waals surface area (Å²) < 4.78 is 38.5. The molecule has 0 spiro atoms. The van der Waals surface area contributed by atoms with Crippen LogP contribution in [0.1, 0.15) is 6.42 Å². The summed E-state index contributed by atoms with van der Waals surface area (Å²) in [5, 5.41) is 22.0. The Balaban J connectivity index is 1.74. The monoisotopic (exact) mass is 376 g/mol. The van der Waals surface area contributed by atoms with Crippen LogP contribution in [0.2, 0.25) is 0 Å². The number of nitrogens with zero attached hydrogens (tertiary/aromatic N) is 4. The lowest BCUT2D eigenvalue weighted by molar-refractivity contribution is -0.154. The van der Waals surface area contributed by atoms with E-state index in [9.17, 15) is 18.3 Å². The number of nitrogens with two attached hydrogens (primary N) is 1. The molecule has 0 aliphatic heterocycles.